The van der Waals surface area contributed by atoms with E-state index in [9.17, 15) is 4.79 Å². The summed E-state index contributed by atoms with van der Waals surface area (Å²) in [5.41, 5.74) is 1.11. The van der Waals surface area contributed by atoms with Crippen molar-refractivity contribution in [2.75, 3.05) is 13.1 Å². The molecule has 2 aromatic rings. The normalized spacial score (nSPS) is 18.4. The van der Waals surface area contributed by atoms with E-state index in [0.717, 1.165) is 31.6 Å². The predicted octanol–water partition coefficient (Wildman–Crippen LogP) is 2.79. The Morgan fingerprint density at radius 3 is 2.83 bits per heavy atom. The van der Waals surface area contributed by atoms with Gasteiger partial charge in [-0.25, -0.2) is 4.98 Å². The fourth-order valence-corrected chi connectivity index (χ4v) is 3.94. The van der Waals surface area contributed by atoms with Crippen LogP contribution < -0.4 is 0 Å². The average Bonchev–Trinajstić information content (AvgIpc) is 3.11. The van der Waals surface area contributed by atoms with Crippen LogP contribution in [0.3, 0.4) is 0 Å². The average molecular weight is 334 g/mol. The Balaban J connectivity index is 1.58. The standard InChI is InChI=1S/C16H22N4O2S/c1-10-11(2)23-16(17-10)13-5-4-8-20(9-13)15(21)7-6-14-18-12(3)19-22-14/h13H,4-9H2,1-3H3/t13-/m0/s1. The van der Waals surface area contributed by atoms with Crippen molar-refractivity contribution in [3.05, 3.63) is 27.3 Å². The minimum absolute atomic E-state index is 0.163. The summed E-state index contributed by atoms with van der Waals surface area (Å²) in [5.74, 6) is 1.68. The van der Waals surface area contributed by atoms with Crippen molar-refractivity contribution in [1.29, 1.82) is 0 Å². The van der Waals surface area contributed by atoms with Gasteiger partial charge in [-0.05, 0) is 33.6 Å². The first-order valence-corrected chi connectivity index (χ1v) is 8.85. The molecule has 0 spiro atoms. The summed E-state index contributed by atoms with van der Waals surface area (Å²) in [5, 5.41) is 4.92. The molecule has 1 fully saturated rings. The predicted molar refractivity (Wildman–Crippen MR) is 87.5 cm³/mol. The lowest BCUT2D eigenvalue weighted by Gasteiger charge is -2.31. The van der Waals surface area contributed by atoms with Gasteiger partial charge in [0.05, 0.1) is 10.7 Å². The zero-order valence-electron chi connectivity index (χ0n) is 13.8. The van der Waals surface area contributed by atoms with Gasteiger partial charge in [0.25, 0.3) is 0 Å². The number of rotatable bonds is 4. The van der Waals surface area contributed by atoms with Gasteiger partial charge in [-0.1, -0.05) is 5.16 Å². The zero-order valence-corrected chi connectivity index (χ0v) is 14.7. The third-order valence-corrected chi connectivity index (χ3v) is 5.53. The van der Waals surface area contributed by atoms with Gasteiger partial charge in [-0.15, -0.1) is 11.3 Å². The lowest BCUT2D eigenvalue weighted by Crippen LogP contribution is -2.39. The van der Waals surface area contributed by atoms with E-state index in [0.29, 0.717) is 30.5 Å². The number of aryl methyl sites for hydroxylation is 4. The minimum atomic E-state index is 0.163. The van der Waals surface area contributed by atoms with E-state index in [-0.39, 0.29) is 5.91 Å². The molecule has 0 bridgehead atoms. The number of thiazole rings is 1. The molecule has 2 aromatic heterocycles. The highest BCUT2D eigenvalue weighted by Crippen LogP contribution is 2.31. The van der Waals surface area contributed by atoms with Crippen LogP contribution in [-0.4, -0.2) is 39.0 Å². The number of hydrogen-bond donors (Lipinski definition) is 0. The smallest absolute Gasteiger partial charge is 0.227 e. The molecule has 7 heteroatoms. The second kappa shape index (κ2) is 6.78. The van der Waals surface area contributed by atoms with Crippen molar-refractivity contribution in [3.8, 4) is 0 Å². The van der Waals surface area contributed by atoms with Gasteiger partial charge in [0.2, 0.25) is 11.8 Å². The number of piperidine rings is 1. The van der Waals surface area contributed by atoms with Crippen molar-refractivity contribution in [2.24, 2.45) is 0 Å². The van der Waals surface area contributed by atoms with Crippen LogP contribution in [0.5, 0.6) is 0 Å². The summed E-state index contributed by atoms with van der Waals surface area (Å²) in [6.07, 6.45) is 3.08. The maximum Gasteiger partial charge on any atom is 0.227 e. The molecule has 1 amide bonds. The number of carbonyl (C=O) groups is 1. The summed E-state index contributed by atoms with van der Waals surface area (Å²) >= 11 is 1.77. The van der Waals surface area contributed by atoms with Gasteiger partial charge in [0.1, 0.15) is 0 Å². The molecule has 6 nitrogen and oxygen atoms in total. The van der Waals surface area contributed by atoms with Gasteiger partial charge in [0, 0.05) is 36.7 Å². The Labute approximate surface area is 139 Å². The van der Waals surface area contributed by atoms with E-state index in [4.69, 9.17) is 4.52 Å². The first kappa shape index (κ1) is 16.1. The Bertz CT molecular complexity index is 675. The first-order chi connectivity index (χ1) is 11.0. The van der Waals surface area contributed by atoms with Crippen molar-refractivity contribution >= 4 is 17.2 Å². The number of hydrogen-bond acceptors (Lipinski definition) is 6. The van der Waals surface area contributed by atoms with Gasteiger partial charge >= 0.3 is 0 Å². The van der Waals surface area contributed by atoms with Crippen LogP contribution >= 0.6 is 11.3 Å². The molecule has 1 atom stereocenters. The monoisotopic (exact) mass is 334 g/mol. The Morgan fingerprint density at radius 1 is 1.35 bits per heavy atom. The van der Waals surface area contributed by atoms with E-state index in [1.165, 1.54) is 9.88 Å². The number of nitrogens with zero attached hydrogens (tertiary/aromatic N) is 4. The molecule has 1 aliphatic rings. The third-order valence-electron chi connectivity index (χ3n) is 4.29. The van der Waals surface area contributed by atoms with Crippen molar-refractivity contribution in [2.45, 2.75) is 52.4 Å². The number of aromatic nitrogens is 3. The lowest BCUT2D eigenvalue weighted by atomic mass is 9.98. The fraction of sp³-hybridized carbons (Fsp3) is 0.625. The Morgan fingerprint density at radius 2 is 2.17 bits per heavy atom. The molecule has 0 aromatic carbocycles. The quantitative estimate of drug-likeness (QED) is 0.860. The number of carbonyl (C=O) groups excluding carboxylic acids is 1. The summed E-state index contributed by atoms with van der Waals surface area (Å²) < 4.78 is 5.07. The van der Waals surface area contributed by atoms with Crippen LogP contribution in [-0.2, 0) is 11.2 Å². The van der Waals surface area contributed by atoms with Gasteiger partial charge in [0.15, 0.2) is 5.82 Å². The molecule has 0 aliphatic carbocycles. The van der Waals surface area contributed by atoms with Crippen molar-refractivity contribution in [1.82, 2.24) is 20.0 Å². The fourth-order valence-electron chi connectivity index (χ4n) is 2.89. The maximum atomic E-state index is 12.4. The lowest BCUT2D eigenvalue weighted by molar-refractivity contribution is -0.132. The van der Waals surface area contributed by atoms with Crippen LogP contribution in [0.4, 0.5) is 0 Å². The maximum absolute atomic E-state index is 12.4. The highest BCUT2D eigenvalue weighted by Gasteiger charge is 2.27. The zero-order chi connectivity index (χ0) is 16.4. The highest BCUT2D eigenvalue weighted by atomic mass is 32.1. The molecule has 0 radical (unpaired) electrons. The number of amides is 1. The van der Waals surface area contributed by atoms with Crippen molar-refractivity contribution in [3.63, 3.8) is 0 Å². The molecule has 124 valence electrons. The largest absolute Gasteiger partial charge is 0.342 e. The molecule has 1 saturated heterocycles. The van der Waals surface area contributed by atoms with Crippen LogP contribution in [0, 0.1) is 20.8 Å². The van der Waals surface area contributed by atoms with E-state index < -0.39 is 0 Å². The summed E-state index contributed by atoms with van der Waals surface area (Å²) in [7, 11) is 0. The van der Waals surface area contributed by atoms with E-state index in [2.05, 4.69) is 22.0 Å². The second-order valence-electron chi connectivity index (χ2n) is 6.11. The van der Waals surface area contributed by atoms with Crippen LogP contribution in [0.1, 0.15) is 52.5 Å². The van der Waals surface area contributed by atoms with Gasteiger partial charge in [-0.3, -0.25) is 4.79 Å². The molecule has 0 N–H and O–H groups in total. The third kappa shape index (κ3) is 3.77. The number of likely N-dealkylation sites (tertiary alicyclic amines) is 1. The van der Waals surface area contributed by atoms with Crippen LogP contribution in [0.2, 0.25) is 0 Å². The molecule has 23 heavy (non-hydrogen) atoms. The van der Waals surface area contributed by atoms with Gasteiger partial charge in [-0.2, -0.15) is 4.98 Å². The Kier molecular flexibility index (Phi) is 4.75. The second-order valence-corrected chi connectivity index (χ2v) is 7.34. The summed E-state index contributed by atoms with van der Waals surface area (Å²) in [4.78, 5) is 24.5. The van der Waals surface area contributed by atoms with Gasteiger partial charge < -0.3 is 9.42 Å². The first-order valence-electron chi connectivity index (χ1n) is 8.04. The highest BCUT2D eigenvalue weighted by molar-refractivity contribution is 7.11. The molecular weight excluding hydrogens is 312 g/mol. The molecule has 3 rings (SSSR count). The SMILES string of the molecule is Cc1noc(CCC(=O)N2CCC[C@H](c3nc(C)c(C)s3)C2)n1. The Hall–Kier alpha value is -1.76. The topological polar surface area (TPSA) is 72.1 Å². The van der Waals surface area contributed by atoms with Crippen LogP contribution in [0.25, 0.3) is 0 Å². The summed E-state index contributed by atoms with van der Waals surface area (Å²) in [6.45, 7) is 7.54. The van der Waals surface area contributed by atoms with E-state index >= 15 is 0 Å². The molecule has 1 aliphatic heterocycles. The molecule has 3 heterocycles. The minimum Gasteiger partial charge on any atom is -0.342 e. The van der Waals surface area contributed by atoms with E-state index in [1.807, 2.05) is 11.8 Å². The molecule has 0 saturated carbocycles. The van der Waals surface area contributed by atoms with E-state index in [1.54, 1.807) is 18.3 Å². The summed E-state index contributed by atoms with van der Waals surface area (Å²) in [6, 6.07) is 0. The van der Waals surface area contributed by atoms with Crippen molar-refractivity contribution < 1.29 is 9.32 Å². The molecular formula is C16H22N4O2S. The molecule has 0 unspecified atom stereocenters. The van der Waals surface area contributed by atoms with Crippen LogP contribution in [0.15, 0.2) is 4.52 Å².